The maximum Gasteiger partial charge on any atom is 0.246 e. The highest BCUT2D eigenvalue weighted by Crippen LogP contribution is 2.31. The summed E-state index contributed by atoms with van der Waals surface area (Å²) in [5, 5.41) is 5.84. The van der Waals surface area contributed by atoms with Crippen LogP contribution in [-0.2, 0) is 0 Å². The van der Waals surface area contributed by atoms with Gasteiger partial charge in [-0.05, 0) is 6.92 Å². The first-order valence-corrected chi connectivity index (χ1v) is 9.11. The van der Waals surface area contributed by atoms with Crippen molar-refractivity contribution in [1.82, 2.24) is 15.0 Å². The molecule has 0 radical (unpaired) electrons. The Morgan fingerprint density at radius 3 is 2.90 bits per heavy atom. The summed E-state index contributed by atoms with van der Waals surface area (Å²) in [4.78, 5) is 17.9. The molecule has 0 fully saturated rings. The summed E-state index contributed by atoms with van der Waals surface area (Å²) in [5.41, 5.74) is 4.26. The molecule has 8 heteroatoms. The Labute approximate surface area is 133 Å². The predicted molar refractivity (Wildman–Crippen MR) is 87.3 cm³/mol. The maximum atomic E-state index is 5.71. The summed E-state index contributed by atoms with van der Waals surface area (Å²) in [7, 11) is 0. The first kappa shape index (κ1) is 13.2. The van der Waals surface area contributed by atoms with E-state index in [1.165, 1.54) is 11.3 Å². The fraction of sp³-hybridized carbons (Fsp3) is 0.231. The number of aryl methyl sites for hydroxylation is 1. The van der Waals surface area contributed by atoms with Gasteiger partial charge in [-0.15, -0.1) is 34.4 Å². The summed E-state index contributed by atoms with van der Waals surface area (Å²) < 4.78 is 5.71. The lowest BCUT2D eigenvalue weighted by Crippen LogP contribution is -1.92. The molecular formula is C13H10N4OS3. The van der Waals surface area contributed by atoms with Crippen LogP contribution in [0.5, 0.6) is 0 Å². The molecule has 0 saturated carbocycles. The normalized spacial score (nSPS) is 14.6. The topological polar surface area (TPSA) is 64.2 Å². The third-order valence-electron chi connectivity index (χ3n) is 2.96. The fourth-order valence-electron chi connectivity index (χ4n) is 1.99. The lowest BCUT2D eigenvalue weighted by Gasteiger charge is -1.92. The third-order valence-corrected chi connectivity index (χ3v) is 5.39. The van der Waals surface area contributed by atoms with Crippen LogP contribution in [0.3, 0.4) is 0 Å². The molecule has 0 amide bonds. The highest BCUT2D eigenvalue weighted by Gasteiger charge is 2.19. The molecule has 0 bridgehead atoms. The van der Waals surface area contributed by atoms with Crippen LogP contribution in [0.25, 0.3) is 22.3 Å². The molecule has 106 valence electrons. The van der Waals surface area contributed by atoms with E-state index < -0.39 is 0 Å². The number of aromatic nitrogens is 3. The first-order chi connectivity index (χ1) is 10.3. The molecule has 0 aromatic carbocycles. The van der Waals surface area contributed by atoms with Gasteiger partial charge in [0.15, 0.2) is 0 Å². The zero-order chi connectivity index (χ0) is 14.2. The van der Waals surface area contributed by atoms with Crippen molar-refractivity contribution in [2.24, 2.45) is 4.99 Å². The van der Waals surface area contributed by atoms with E-state index in [9.17, 15) is 0 Å². The van der Waals surface area contributed by atoms with Crippen LogP contribution in [0.1, 0.15) is 11.5 Å². The summed E-state index contributed by atoms with van der Waals surface area (Å²) in [6, 6.07) is 0. The molecule has 1 aliphatic rings. The predicted octanol–water partition coefficient (Wildman–Crippen LogP) is 3.72. The second-order valence-corrected chi connectivity index (χ2v) is 7.03. The van der Waals surface area contributed by atoms with Gasteiger partial charge >= 0.3 is 0 Å². The Balaban J connectivity index is 1.70. The third kappa shape index (κ3) is 2.43. The maximum absolute atomic E-state index is 5.71. The van der Waals surface area contributed by atoms with Crippen LogP contribution in [0.15, 0.2) is 25.7 Å². The number of hydrogen-bond donors (Lipinski definition) is 0. The molecule has 0 unspecified atom stereocenters. The molecule has 1 aliphatic heterocycles. The van der Waals surface area contributed by atoms with Crippen molar-refractivity contribution in [2.75, 3.05) is 12.3 Å². The van der Waals surface area contributed by atoms with Crippen molar-refractivity contribution in [2.45, 2.75) is 6.92 Å². The SMILES string of the molecule is Cc1oc(-c2cscn2)nc1-c1nc(C2=NCCS2)cs1. The number of rotatable bonds is 3. The van der Waals surface area contributed by atoms with Crippen LogP contribution in [0.2, 0.25) is 0 Å². The van der Waals surface area contributed by atoms with Gasteiger partial charge in [0.2, 0.25) is 5.89 Å². The van der Waals surface area contributed by atoms with Crippen molar-refractivity contribution in [3.8, 4) is 22.3 Å². The number of thiazole rings is 2. The fourth-order valence-corrected chi connectivity index (χ4v) is 4.24. The Hall–Kier alpha value is -1.51. The van der Waals surface area contributed by atoms with Gasteiger partial charge in [-0.25, -0.2) is 15.0 Å². The van der Waals surface area contributed by atoms with Gasteiger partial charge in [-0.3, -0.25) is 4.99 Å². The zero-order valence-corrected chi connectivity index (χ0v) is 13.5. The largest absolute Gasteiger partial charge is 0.439 e. The number of hydrogen-bond acceptors (Lipinski definition) is 8. The summed E-state index contributed by atoms with van der Waals surface area (Å²) in [6.07, 6.45) is 0. The van der Waals surface area contributed by atoms with E-state index in [-0.39, 0.29) is 0 Å². The molecule has 0 spiro atoms. The van der Waals surface area contributed by atoms with Gasteiger partial charge in [0.25, 0.3) is 0 Å². The molecular weight excluding hydrogens is 324 g/mol. The van der Waals surface area contributed by atoms with Crippen LogP contribution in [-0.4, -0.2) is 32.3 Å². The molecule has 5 nitrogen and oxygen atoms in total. The number of aliphatic imine (C=N–C) groups is 1. The molecule has 21 heavy (non-hydrogen) atoms. The van der Waals surface area contributed by atoms with Crippen molar-refractivity contribution in [1.29, 1.82) is 0 Å². The molecule has 3 aromatic rings. The zero-order valence-electron chi connectivity index (χ0n) is 11.1. The summed E-state index contributed by atoms with van der Waals surface area (Å²) in [5.74, 6) is 2.35. The van der Waals surface area contributed by atoms with Crippen molar-refractivity contribution in [3.05, 3.63) is 27.7 Å². The Morgan fingerprint density at radius 2 is 2.14 bits per heavy atom. The molecule has 0 aliphatic carbocycles. The van der Waals surface area contributed by atoms with Gasteiger partial charge in [0.05, 0.1) is 5.51 Å². The Bertz CT molecular complexity index is 803. The minimum absolute atomic E-state index is 0.549. The average molecular weight is 334 g/mol. The summed E-state index contributed by atoms with van der Waals surface area (Å²) in [6.45, 7) is 2.78. The lowest BCUT2D eigenvalue weighted by atomic mass is 10.4. The first-order valence-electron chi connectivity index (χ1n) is 6.31. The van der Waals surface area contributed by atoms with E-state index in [0.717, 1.165) is 45.2 Å². The van der Waals surface area contributed by atoms with Gasteiger partial charge in [0, 0.05) is 23.1 Å². The standard InChI is InChI=1S/C13H10N4OS3/c1-7-10(17-11(18-7)8-4-19-6-15-8)13-16-9(5-21-13)12-14-2-3-20-12/h4-6H,2-3H2,1H3. The van der Waals surface area contributed by atoms with E-state index >= 15 is 0 Å². The van der Waals surface area contributed by atoms with Gasteiger partial charge in [0.1, 0.15) is 32.9 Å². The molecule has 0 atom stereocenters. The molecule has 0 N–H and O–H groups in total. The van der Waals surface area contributed by atoms with E-state index in [0.29, 0.717) is 5.89 Å². The van der Waals surface area contributed by atoms with Crippen LogP contribution < -0.4 is 0 Å². The average Bonchev–Trinajstić information content (AvgIpc) is 3.26. The van der Waals surface area contributed by atoms with Crippen molar-refractivity contribution >= 4 is 39.5 Å². The highest BCUT2D eigenvalue weighted by molar-refractivity contribution is 8.14. The van der Waals surface area contributed by atoms with Crippen molar-refractivity contribution < 1.29 is 4.42 Å². The molecule has 3 aromatic heterocycles. The smallest absolute Gasteiger partial charge is 0.246 e. The van der Waals surface area contributed by atoms with Crippen LogP contribution in [0, 0.1) is 6.92 Å². The quantitative estimate of drug-likeness (QED) is 0.730. The van der Waals surface area contributed by atoms with Crippen LogP contribution >= 0.6 is 34.4 Å². The Morgan fingerprint density at radius 1 is 1.19 bits per heavy atom. The van der Waals surface area contributed by atoms with E-state index in [1.807, 2.05) is 17.7 Å². The highest BCUT2D eigenvalue weighted by atomic mass is 32.2. The van der Waals surface area contributed by atoms with Gasteiger partial charge in [-0.2, -0.15) is 0 Å². The minimum Gasteiger partial charge on any atom is -0.439 e. The molecule has 4 rings (SSSR count). The molecule has 0 saturated heterocycles. The lowest BCUT2D eigenvalue weighted by molar-refractivity contribution is 0.541. The van der Waals surface area contributed by atoms with E-state index in [4.69, 9.17) is 4.42 Å². The Kier molecular flexibility index (Phi) is 3.36. The number of oxazole rings is 1. The van der Waals surface area contributed by atoms with E-state index in [1.54, 1.807) is 28.6 Å². The van der Waals surface area contributed by atoms with Crippen LogP contribution in [0.4, 0.5) is 0 Å². The van der Waals surface area contributed by atoms with Crippen molar-refractivity contribution in [3.63, 3.8) is 0 Å². The minimum atomic E-state index is 0.549. The molecule has 4 heterocycles. The van der Waals surface area contributed by atoms with Gasteiger partial charge < -0.3 is 4.42 Å². The monoisotopic (exact) mass is 334 g/mol. The second-order valence-electron chi connectivity index (χ2n) is 4.37. The van der Waals surface area contributed by atoms with E-state index in [2.05, 4.69) is 19.9 Å². The number of nitrogens with zero attached hydrogens (tertiary/aromatic N) is 4. The second kappa shape index (κ2) is 5.36. The van der Waals surface area contributed by atoms with Gasteiger partial charge in [-0.1, -0.05) is 0 Å². The number of thioether (sulfide) groups is 1. The summed E-state index contributed by atoms with van der Waals surface area (Å²) >= 11 is 4.85.